The molecule has 1 aromatic heterocycles. The van der Waals surface area contributed by atoms with Crippen LogP contribution in [-0.4, -0.2) is 50.0 Å². The molecule has 1 aliphatic carbocycles. The quantitative estimate of drug-likeness (QED) is 0.568. The van der Waals surface area contributed by atoms with E-state index in [0.717, 1.165) is 62.2 Å². The summed E-state index contributed by atoms with van der Waals surface area (Å²) in [4.78, 5) is 41.6. The molecule has 2 fully saturated rings. The lowest BCUT2D eigenvalue weighted by atomic mass is 9.83. The van der Waals surface area contributed by atoms with Gasteiger partial charge in [0.1, 0.15) is 17.8 Å². The summed E-state index contributed by atoms with van der Waals surface area (Å²) in [5.74, 6) is -0.0968. The highest BCUT2D eigenvalue weighted by molar-refractivity contribution is 6.99. The maximum absolute atomic E-state index is 13.8. The largest absolute Gasteiger partial charge is 0.344 e. The number of nitrogens with zero attached hydrogens (tertiary/aromatic N) is 3. The number of benzene rings is 1. The molecule has 188 valence electrons. The Morgan fingerprint density at radius 2 is 1.80 bits per heavy atom. The summed E-state index contributed by atoms with van der Waals surface area (Å²) in [7, 11) is 0. The summed E-state index contributed by atoms with van der Waals surface area (Å²) in [5, 5.41) is 5.99. The fraction of sp³-hybridized carbons (Fsp3) is 0.577. The first kappa shape index (κ1) is 25.3. The number of carbonyl (C=O) groups excluding carboxylic acids is 3. The lowest BCUT2D eigenvalue weighted by Gasteiger charge is -2.35. The molecule has 0 radical (unpaired) electrons. The van der Waals surface area contributed by atoms with Gasteiger partial charge >= 0.3 is 0 Å². The molecule has 1 aromatic carbocycles. The van der Waals surface area contributed by atoms with Gasteiger partial charge in [-0.15, -0.1) is 0 Å². The maximum atomic E-state index is 13.8. The summed E-state index contributed by atoms with van der Waals surface area (Å²) >= 11 is 1.05. The topological polar surface area (TPSA) is 104 Å². The first-order chi connectivity index (χ1) is 17.0. The third-order valence-electron chi connectivity index (χ3n) is 7.36. The molecule has 0 spiro atoms. The van der Waals surface area contributed by atoms with Crippen LogP contribution < -0.4 is 10.6 Å². The van der Waals surface area contributed by atoms with Gasteiger partial charge in [-0.25, -0.2) is 0 Å². The molecule has 0 unspecified atom stereocenters. The molecule has 35 heavy (non-hydrogen) atoms. The van der Waals surface area contributed by atoms with Crippen LogP contribution in [0.25, 0.3) is 11.3 Å². The van der Waals surface area contributed by atoms with Gasteiger partial charge in [0.2, 0.25) is 17.7 Å². The average Bonchev–Trinajstić information content (AvgIpc) is 3.57. The van der Waals surface area contributed by atoms with Crippen molar-refractivity contribution in [2.75, 3.05) is 11.9 Å². The highest BCUT2D eigenvalue weighted by Crippen LogP contribution is 2.31. The van der Waals surface area contributed by atoms with Crippen LogP contribution in [0.2, 0.25) is 0 Å². The van der Waals surface area contributed by atoms with Crippen LogP contribution in [-0.2, 0) is 14.4 Å². The molecule has 1 aliphatic heterocycles. The second kappa shape index (κ2) is 11.7. The van der Waals surface area contributed by atoms with Crippen molar-refractivity contribution in [2.45, 2.75) is 77.3 Å². The lowest BCUT2D eigenvalue weighted by molar-refractivity contribution is -0.142. The number of nitrogens with one attached hydrogen (secondary N) is 2. The third kappa shape index (κ3) is 5.89. The van der Waals surface area contributed by atoms with E-state index >= 15 is 0 Å². The zero-order valence-electron chi connectivity index (χ0n) is 20.5. The molecule has 0 bridgehead atoms. The van der Waals surface area contributed by atoms with Gasteiger partial charge in [-0.05, 0) is 38.0 Å². The summed E-state index contributed by atoms with van der Waals surface area (Å²) in [6.07, 6.45) is 7.20. The summed E-state index contributed by atoms with van der Waals surface area (Å²) < 4.78 is 8.64. The standard InChI is InChI=1S/C26H35N5O3S/c1-3-17(2)24(32)27-22(19-13-8-5-9-14-19)26(34)31-16-10-15-20(31)25(33)28-23-21(29-35-30-23)18-11-6-4-7-12-18/h4,6-7,11-12,17,19-20,22H,3,5,8-10,13-16H2,1-2H3,(H,27,32)(H,28,30,33)/t17-,20+,22+/m1/s1. The predicted octanol–water partition coefficient (Wildman–Crippen LogP) is 4.25. The van der Waals surface area contributed by atoms with Gasteiger partial charge in [-0.2, -0.15) is 8.75 Å². The third-order valence-corrected chi connectivity index (χ3v) is 7.89. The average molecular weight is 498 g/mol. The molecule has 2 N–H and O–H groups in total. The monoisotopic (exact) mass is 497 g/mol. The first-order valence-electron chi connectivity index (χ1n) is 12.8. The van der Waals surface area contributed by atoms with Crippen LogP contribution >= 0.6 is 11.7 Å². The Kier molecular flexibility index (Phi) is 8.49. The van der Waals surface area contributed by atoms with Crippen molar-refractivity contribution in [3.8, 4) is 11.3 Å². The summed E-state index contributed by atoms with van der Waals surface area (Å²) in [6.45, 7) is 4.37. The minimum Gasteiger partial charge on any atom is -0.344 e. The molecule has 3 amide bonds. The van der Waals surface area contributed by atoms with Crippen molar-refractivity contribution in [1.82, 2.24) is 19.0 Å². The Balaban J connectivity index is 1.50. The minimum absolute atomic E-state index is 0.0855. The van der Waals surface area contributed by atoms with Gasteiger partial charge in [0.25, 0.3) is 0 Å². The Morgan fingerprint density at radius 1 is 1.06 bits per heavy atom. The number of carbonyl (C=O) groups is 3. The minimum atomic E-state index is -0.584. The number of hydrogen-bond donors (Lipinski definition) is 2. The molecule has 8 nitrogen and oxygen atoms in total. The van der Waals surface area contributed by atoms with Crippen molar-refractivity contribution in [2.24, 2.45) is 11.8 Å². The van der Waals surface area contributed by atoms with Gasteiger partial charge in [-0.3, -0.25) is 14.4 Å². The lowest BCUT2D eigenvalue weighted by Crippen LogP contribution is -2.56. The van der Waals surface area contributed by atoms with Crippen LogP contribution in [0.5, 0.6) is 0 Å². The van der Waals surface area contributed by atoms with Gasteiger partial charge in [-0.1, -0.05) is 63.4 Å². The van der Waals surface area contributed by atoms with E-state index in [0.29, 0.717) is 24.5 Å². The number of aromatic nitrogens is 2. The van der Waals surface area contributed by atoms with E-state index in [2.05, 4.69) is 19.4 Å². The van der Waals surface area contributed by atoms with Crippen LogP contribution in [0.15, 0.2) is 30.3 Å². The zero-order chi connectivity index (χ0) is 24.8. The number of amides is 3. The number of likely N-dealkylation sites (tertiary alicyclic amines) is 1. The van der Waals surface area contributed by atoms with E-state index in [-0.39, 0.29) is 29.6 Å². The van der Waals surface area contributed by atoms with Crippen molar-refractivity contribution >= 4 is 35.3 Å². The Labute approximate surface area is 211 Å². The number of anilines is 1. The molecule has 9 heteroatoms. The molecule has 1 saturated heterocycles. The normalized spacial score (nSPS) is 20.3. The van der Waals surface area contributed by atoms with E-state index in [9.17, 15) is 14.4 Å². The van der Waals surface area contributed by atoms with Gasteiger partial charge < -0.3 is 15.5 Å². The second-order valence-electron chi connectivity index (χ2n) is 9.70. The smallest absolute Gasteiger partial charge is 0.248 e. The SMILES string of the molecule is CC[C@@H](C)C(=O)N[C@H](C(=O)N1CCC[C@H]1C(=O)Nc1nsnc1-c1ccccc1)C1CCCCC1. The second-order valence-corrected chi connectivity index (χ2v) is 10.2. The van der Waals surface area contributed by atoms with E-state index in [1.54, 1.807) is 4.90 Å². The zero-order valence-corrected chi connectivity index (χ0v) is 21.4. The molecule has 1 saturated carbocycles. The van der Waals surface area contributed by atoms with Crippen LogP contribution in [0.4, 0.5) is 5.82 Å². The molecule has 3 atom stereocenters. The van der Waals surface area contributed by atoms with Gasteiger partial charge in [0.05, 0.1) is 11.7 Å². The van der Waals surface area contributed by atoms with Crippen molar-refractivity contribution < 1.29 is 14.4 Å². The Bertz CT molecular complexity index is 1020. The fourth-order valence-electron chi connectivity index (χ4n) is 5.07. The van der Waals surface area contributed by atoms with Crippen molar-refractivity contribution in [3.63, 3.8) is 0 Å². The predicted molar refractivity (Wildman–Crippen MR) is 137 cm³/mol. The number of rotatable bonds is 8. The fourth-order valence-corrected chi connectivity index (χ4v) is 5.60. The van der Waals surface area contributed by atoms with Crippen LogP contribution in [0, 0.1) is 11.8 Å². The molecular weight excluding hydrogens is 462 g/mol. The van der Waals surface area contributed by atoms with Crippen LogP contribution in [0.1, 0.15) is 65.2 Å². The Hall–Kier alpha value is -2.81. The van der Waals surface area contributed by atoms with Crippen molar-refractivity contribution in [1.29, 1.82) is 0 Å². The molecule has 4 rings (SSSR count). The summed E-state index contributed by atoms with van der Waals surface area (Å²) in [5.41, 5.74) is 1.50. The molecule has 2 aliphatic rings. The highest BCUT2D eigenvalue weighted by Gasteiger charge is 2.41. The maximum Gasteiger partial charge on any atom is 0.248 e. The molecular formula is C26H35N5O3S. The van der Waals surface area contributed by atoms with E-state index in [1.165, 1.54) is 0 Å². The molecule has 2 heterocycles. The van der Waals surface area contributed by atoms with E-state index < -0.39 is 12.1 Å². The number of hydrogen-bond acceptors (Lipinski definition) is 6. The van der Waals surface area contributed by atoms with Crippen LogP contribution in [0.3, 0.4) is 0 Å². The first-order valence-corrected chi connectivity index (χ1v) is 13.5. The van der Waals surface area contributed by atoms with Crippen molar-refractivity contribution in [3.05, 3.63) is 30.3 Å². The molecule has 2 aromatic rings. The van der Waals surface area contributed by atoms with E-state index in [1.807, 2.05) is 44.2 Å². The summed E-state index contributed by atoms with van der Waals surface area (Å²) in [6, 6.07) is 8.43. The van der Waals surface area contributed by atoms with E-state index in [4.69, 9.17) is 0 Å². The van der Waals surface area contributed by atoms with Gasteiger partial charge in [0.15, 0.2) is 5.82 Å². The van der Waals surface area contributed by atoms with Gasteiger partial charge in [0, 0.05) is 18.0 Å². The highest BCUT2D eigenvalue weighted by atomic mass is 32.1. The Morgan fingerprint density at radius 3 is 2.51 bits per heavy atom.